The molecule has 7 nitrogen and oxygen atoms in total. The number of rotatable bonds is 7. The lowest BCUT2D eigenvalue weighted by Gasteiger charge is -2.13. The van der Waals surface area contributed by atoms with Crippen molar-refractivity contribution in [3.05, 3.63) is 60.2 Å². The predicted octanol–water partition coefficient (Wildman–Crippen LogP) is 1.32. The zero-order valence-electron chi connectivity index (χ0n) is 13.8. The fourth-order valence-electron chi connectivity index (χ4n) is 2.31. The number of benzene rings is 1. The summed E-state index contributed by atoms with van der Waals surface area (Å²) in [5, 5.41) is 2.51. The molecule has 1 aromatic rings. The first-order chi connectivity index (χ1) is 11.9. The zero-order chi connectivity index (χ0) is 18.6. The lowest BCUT2D eigenvalue weighted by Crippen LogP contribution is -2.35. The standard InChI is InChI=1S/C18H18N2O5/c1-4-8-19-15(21)11(3)25-18(24)12-6-7-13-14(10-12)17(23)20(9-5-2)16(13)22/h4-7,10-11H,1-2,8-9H2,3H3,(H,19,21)/t11-/m1/s1. The zero-order valence-corrected chi connectivity index (χ0v) is 13.8. The number of nitrogens with one attached hydrogen (secondary N) is 1. The number of nitrogens with zero attached hydrogens (tertiary/aromatic N) is 1. The van der Waals surface area contributed by atoms with Gasteiger partial charge in [-0.05, 0) is 25.1 Å². The van der Waals surface area contributed by atoms with E-state index >= 15 is 0 Å². The Hall–Kier alpha value is -3.22. The number of ether oxygens (including phenoxy) is 1. The molecule has 130 valence electrons. The van der Waals surface area contributed by atoms with E-state index in [2.05, 4.69) is 18.5 Å². The topological polar surface area (TPSA) is 92.8 Å². The van der Waals surface area contributed by atoms with Gasteiger partial charge >= 0.3 is 5.97 Å². The molecular weight excluding hydrogens is 324 g/mol. The molecule has 3 amide bonds. The summed E-state index contributed by atoms with van der Waals surface area (Å²) in [7, 11) is 0. The van der Waals surface area contributed by atoms with Crippen LogP contribution < -0.4 is 5.32 Å². The molecule has 1 aromatic carbocycles. The SMILES string of the molecule is C=CCNC(=O)[C@@H](C)OC(=O)c1ccc2c(c1)C(=O)N(CC=C)C2=O. The van der Waals surface area contributed by atoms with Crippen LogP contribution in [-0.4, -0.2) is 47.8 Å². The van der Waals surface area contributed by atoms with Crippen molar-refractivity contribution in [3.8, 4) is 0 Å². The maximum Gasteiger partial charge on any atom is 0.338 e. The van der Waals surface area contributed by atoms with Crippen LogP contribution in [0.5, 0.6) is 0 Å². The van der Waals surface area contributed by atoms with Gasteiger partial charge in [0.15, 0.2) is 6.10 Å². The summed E-state index contributed by atoms with van der Waals surface area (Å²) in [6.45, 7) is 8.77. The van der Waals surface area contributed by atoms with Crippen LogP contribution >= 0.6 is 0 Å². The number of amides is 3. The number of fused-ring (bicyclic) bond motifs is 1. The fourth-order valence-corrected chi connectivity index (χ4v) is 2.31. The van der Waals surface area contributed by atoms with Gasteiger partial charge in [-0.15, -0.1) is 13.2 Å². The summed E-state index contributed by atoms with van der Waals surface area (Å²) < 4.78 is 5.08. The number of hydrogen-bond acceptors (Lipinski definition) is 5. The maximum atomic E-state index is 12.3. The molecule has 1 N–H and O–H groups in total. The lowest BCUT2D eigenvalue weighted by molar-refractivity contribution is -0.128. The summed E-state index contributed by atoms with van der Waals surface area (Å²) in [6, 6.07) is 4.09. The Morgan fingerprint density at radius 3 is 2.52 bits per heavy atom. The quantitative estimate of drug-likeness (QED) is 0.458. The summed E-state index contributed by atoms with van der Waals surface area (Å²) in [5.41, 5.74) is 0.439. The molecule has 0 saturated carbocycles. The summed E-state index contributed by atoms with van der Waals surface area (Å²) in [5.74, 6) is -2.15. The highest BCUT2D eigenvalue weighted by Crippen LogP contribution is 2.24. The van der Waals surface area contributed by atoms with Crippen molar-refractivity contribution < 1.29 is 23.9 Å². The first-order valence-electron chi connectivity index (χ1n) is 7.61. The molecule has 0 unspecified atom stereocenters. The Morgan fingerprint density at radius 1 is 1.20 bits per heavy atom. The third-order valence-corrected chi connectivity index (χ3v) is 3.59. The Labute approximate surface area is 144 Å². The molecule has 2 rings (SSSR count). The van der Waals surface area contributed by atoms with E-state index in [1.54, 1.807) is 0 Å². The van der Waals surface area contributed by atoms with Crippen molar-refractivity contribution >= 4 is 23.7 Å². The summed E-state index contributed by atoms with van der Waals surface area (Å²) >= 11 is 0. The van der Waals surface area contributed by atoms with Crippen molar-refractivity contribution in [2.75, 3.05) is 13.1 Å². The van der Waals surface area contributed by atoms with Gasteiger partial charge in [0, 0.05) is 13.1 Å². The smallest absolute Gasteiger partial charge is 0.338 e. The molecule has 1 aliphatic rings. The van der Waals surface area contributed by atoms with Crippen LogP contribution in [0.15, 0.2) is 43.5 Å². The average Bonchev–Trinajstić information content (AvgIpc) is 2.84. The minimum Gasteiger partial charge on any atom is -0.449 e. The van der Waals surface area contributed by atoms with E-state index in [1.165, 1.54) is 37.3 Å². The Morgan fingerprint density at radius 2 is 1.88 bits per heavy atom. The molecule has 0 aliphatic carbocycles. The van der Waals surface area contributed by atoms with Gasteiger partial charge in [0.2, 0.25) is 0 Å². The monoisotopic (exact) mass is 342 g/mol. The van der Waals surface area contributed by atoms with Gasteiger partial charge < -0.3 is 10.1 Å². The number of imide groups is 1. The molecule has 1 aliphatic heterocycles. The second kappa shape index (κ2) is 7.57. The normalized spacial score (nSPS) is 13.9. The van der Waals surface area contributed by atoms with Gasteiger partial charge in [0.05, 0.1) is 16.7 Å². The van der Waals surface area contributed by atoms with Crippen molar-refractivity contribution in [2.24, 2.45) is 0 Å². The van der Waals surface area contributed by atoms with E-state index in [0.29, 0.717) is 0 Å². The van der Waals surface area contributed by atoms with Crippen LogP contribution in [0.1, 0.15) is 38.0 Å². The van der Waals surface area contributed by atoms with Gasteiger partial charge in [-0.25, -0.2) is 4.79 Å². The summed E-state index contributed by atoms with van der Waals surface area (Å²) in [4.78, 5) is 49.3. The van der Waals surface area contributed by atoms with Gasteiger partial charge in [0.1, 0.15) is 0 Å². The molecule has 25 heavy (non-hydrogen) atoms. The van der Waals surface area contributed by atoms with Crippen LogP contribution in [0.25, 0.3) is 0 Å². The third kappa shape index (κ3) is 3.65. The van der Waals surface area contributed by atoms with Crippen LogP contribution in [-0.2, 0) is 9.53 Å². The highest BCUT2D eigenvalue weighted by Gasteiger charge is 2.35. The Kier molecular flexibility index (Phi) is 5.49. The number of hydrogen-bond donors (Lipinski definition) is 1. The number of carbonyl (C=O) groups excluding carboxylic acids is 4. The molecular formula is C18H18N2O5. The largest absolute Gasteiger partial charge is 0.449 e. The second-order valence-corrected chi connectivity index (χ2v) is 5.35. The van der Waals surface area contributed by atoms with E-state index in [1.807, 2.05) is 0 Å². The van der Waals surface area contributed by atoms with Crippen molar-refractivity contribution in [1.82, 2.24) is 10.2 Å². The first-order valence-corrected chi connectivity index (χ1v) is 7.61. The molecule has 0 radical (unpaired) electrons. The van der Waals surface area contributed by atoms with Gasteiger partial charge in [0.25, 0.3) is 17.7 Å². The molecule has 0 fully saturated rings. The van der Waals surface area contributed by atoms with E-state index in [0.717, 1.165) is 4.90 Å². The van der Waals surface area contributed by atoms with Crippen LogP contribution in [0.4, 0.5) is 0 Å². The molecule has 1 atom stereocenters. The Balaban J connectivity index is 2.15. The Bertz CT molecular complexity index is 769. The minimum atomic E-state index is -1.00. The van der Waals surface area contributed by atoms with Gasteiger partial charge in [-0.1, -0.05) is 12.2 Å². The minimum absolute atomic E-state index is 0.0868. The molecule has 0 saturated heterocycles. The average molecular weight is 342 g/mol. The second-order valence-electron chi connectivity index (χ2n) is 5.35. The summed E-state index contributed by atoms with van der Waals surface area (Å²) in [6.07, 6.45) is 1.95. The first kappa shape index (κ1) is 18.1. The molecule has 0 aromatic heterocycles. The maximum absolute atomic E-state index is 12.3. The van der Waals surface area contributed by atoms with E-state index in [4.69, 9.17) is 4.74 Å². The van der Waals surface area contributed by atoms with Crippen molar-refractivity contribution in [2.45, 2.75) is 13.0 Å². The highest BCUT2D eigenvalue weighted by molar-refractivity contribution is 6.22. The molecule has 0 bridgehead atoms. The van der Waals surface area contributed by atoms with Crippen LogP contribution in [0, 0.1) is 0 Å². The molecule has 1 heterocycles. The predicted molar refractivity (Wildman–Crippen MR) is 90.1 cm³/mol. The molecule has 0 spiro atoms. The van der Waals surface area contributed by atoms with Crippen molar-refractivity contribution in [3.63, 3.8) is 0 Å². The van der Waals surface area contributed by atoms with Crippen molar-refractivity contribution in [1.29, 1.82) is 0 Å². The number of carbonyl (C=O) groups is 4. The highest BCUT2D eigenvalue weighted by atomic mass is 16.5. The molecule has 7 heteroatoms. The van der Waals surface area contributed by atoms with Crippen LogP contribution in [0.2, 0.25) is 0 Å². The lowest BCUT2D eigenvalue weighted by atomic mass is 10.1. The van der Waals surface area contributed by atoms with E-state index < -0.39 is 29.8 Å². The number of esters is 1. The van der Waals surface area contributed by atoms with Crippen LogP contribution in [0.3, 0.4) is 0 Å². The van der Waals surface area contributed by atoms with Gasteiger partial charge in [-0.2, -0.15) is 0 Å². The third-order valence-electron chi connectivity index (χ3n) is 3.59. The fraction of sp³-hybridized carbons (Fsp3) is 0.222. The van der Waals surface area contributed by atoms with E-state index in [9.17, 15) is 19.2 Å². The van der Waals surface area contributed by atoms with E-state index in [-0.39, 0.29) is 29.8 Å². The van der Waals surface area contributed by atoms with Gasteiger partial charge in [-0.3, -0.25) is 19.3 Å².